The molecule has 0 unspecified atom stereocenters. The molecule has 0 saturated heterocycles. The molecule has 2 aromatic rings. The SMILES string of the molecule is CC(=O)Nc1cc(C(=O)NCc2ccc(OC(F)(F)F)c(Cl)c2)cc(C)n1. The molecule has 0 bridgehead atoms. The summed E-state index contributed by atoms with van der Waals surface area (Å²) in [7, 11) is 0. The van der Waals surface area contributed by atoms with Crippen LogP contribution < -0.4 is 15.4 Å². The van der Waals surface area contributed by atoms with Crippen LogP contribution in [0.25, 0.3) is 0 Å². The summed E-state index contributed by atoms with van der Waals surface area (Å²) in [6.07, 6.45) is -4.84. The summed E-state index contributed by atoms with van der Waals surface area (Å²) in [6.45, 7) is 3.02. The molecule has 0 radical (unpaired) electrons. The predicted octanol–water partition coefficient (Wildman–Crippen LogP) is 3.83. The van der Waals surface area contributed by atoms with Crippen LogP contribution in [0.1, 0.15) is 28.5 Å². The lowest BCUT2D eigenvalue weighted by Crippen LogP contribution is -2.23. The van der Waals surface area contributed by atoms with Crippen molar-refractivity contribution in [2.24, 2.45) is 0 Å². The van der Waals surface area contributed by atoms with Crippen LogP contribution in [0.3, 0.4) is 0 Å². The van der Waals surface area contributed by atoms with Crippen molar-refractivity contribution in [1.82, 2.24) is 10.3 Å². The average molecular weight is 402 g/mol. The van der Waals surface area contributed by atoms with E-state index in [-0.39, 0.29) is 28.9 Å². The molecule has 2 rings (SSSR count). The molecule has 2 N–H and O–H groups in total. The van der Waals surface area contributed by atoms with E-state index in [0.717, 1.165) is 6.07 Å². The number of carbonyl (C=O) groups excluding carboxylic acids is 2. The second-order valence-electron chi connectivity index (χ2n) is 5.56. The number of nitrogens with zero attached hydrogens (tertiary/aromatic N) is 1. The summed E-state index contributed by atoms with van der Waals surface area (Å²) in [5.41, 5.74) is 1.29. The number of aromatic nitrogens is 1. The Hall–Kier alpha value is -2.81. The van der Waals surface area contributed by atoms with Gasteiger partial charge < -0.3 is 15.4 Å². The fourth-order valence-electron chi connectivity index (χ4n) is 2.19. The van der Waals surface area contributed by atoms with Crippen LogP contribution in [-0.4, -0.2) is 23.2 Å². The van der Waals surface area contributed by atoms with Crippen LogP contribution >= 0.6 is 11.6 Å². The predicted molar refractivity (Wildman–Crippen MR) is 92.6 cm³/mol. The third-order valence-corrected chi connectivity index (χ3v) is 3.49. The first-order chi connectivity index (χ1) is 12.5. The van der Waals surface area contributed by atoms with Gasteiger partial charge in [0.1, 0.15) is 11.6 Å². The molecule has 0 fully saturated rings. The minimum Gasteiger partial charge on any atom is -0.404 e. The fraction of sp³-hybridized carbons (Fsp3) is 0.235. The zero-order valence-corrected chi connectivity index (χ0v) is 15.0. The standard InChI is InChI=1S/C17H15ClF3N3O3/c1-9-5-12(7-15(23-9)24-10(2)25)16(26)22-8-11-3-4-14(13(18)6-11)27-17(19,20)21/h3-7H,8H2,1-2H3,(H,22,26)(H,23,24,25). The lowest BCUT2D eigenvalue weighted by atomic mass is 10.2. The lowest BCUT2D eigenvalue weighted by molar-refractivity contribution is -0.274. The van der Waals surface area contributed by atoms with E-state index in [0.29, 0.717) is 11.3 Å². The monoisotopic (exact) mass is 401 g/mol. The highest BCUT2D eigenvalue weighted by Gasteiger charge is 2.32. The first kappa shape index (κ1) is 20.5. The van der Waals surface area contributed by atoms with Crippen LogP contribution in [0, 0.1) is 6.92 Å². The Kier molecular flexibility index (Phi) is 6.27. The summed E-state index contributed by atoms with van der Waals surface area (Å²) in [5.74, 6) is -1.05. The molecule has 0 atom stereocenters. The third-order valence-electron chi connectivity index (χ3n) is 3.19. The van der Waals surface area contributed by atoms with Crippen molar-refractivity contribution in [2.45, 2.75) is 26.8 Å². The maximum absolute atomic E-state index is 12.3. The van der Waals surface area contributed by atoms with Gasteiger partial charge in [0, 0.05) is 24.7 Å². The van der Waals surface area contributed by atoms with Gasteiger partial charge in [-0.1, -0.05) is 17.7 Å². The van der Waals surface area contributed by atoms with Crippen molar-refractivity contribution in [2.75, 3.05) is 5.32 Å². The first-order valence-corrected chi connectivity index (χ1v) is 8.00. The second kappa shape index (κ2) is 8.26. The Morgan fingerprint density at radius 2 is 1.93 bits per heavy atom. The maximum Gasteiger partial charge on any atom is 0.573 e. The number of pyridine rings is 1. The molecule has 2 amide bonds. The fourth-order valence-corrected chi connectivity index (χ4v) is 2.43. The van der Waals surface area contributed by atoms with E-state index < -0.39 is 18.0 Å². The van der Waals surface area contributed by atoms with E-state index in [1.54, 1.807) is 6.92 Å². The van der Waals surface area contributed by atoms with Crippen LogP contribution in [0.5, 0.6) is 5.75 Å². The molecule has 0 aliphatic heterocycles. The Morgan fingerprint density at radius 1 is 1.22 bits per heavy atom. The zero-order valence-electron chi connectivity index (χ0n) is 14.3. The van der Waals surface area contributed by atoms with Crippen molar-refractivity contribution in [3.05, 3.63) is 52.2 Å². The van der Waals surface area contributed by atoms with Gasteiger partial charge in [0.2, 0.25) is 5.91 Å². The molecule has 10 heteroatoms. The molecule has 144 valence electrons. The number of halogens is 4. The number of alkyl halides is 3. The average Bonchev–Trinajstić information content (AvgIpc) is 2.52. The van der Waals surface area contributed by atoms with Crippen LogP contribution in [0.15, 0.2) is 30.3 Å². The minimum atomic E-state index is -4.84. The van der Waals surface area contributed by atoms with Crippen molar-refractivity contribution >= 4 is 29.2 Å². The largest absolute Gasteiger partial charge is 0.573 e. The summed E-state index contributed by atoms with van der Waals surface area (Å²) in [6, 6.07) is 6.64. The summed E-state index contributed by atoms with van der Waals surface area (Å²) in [4.78, 5) is 27.5. The van der Waals surface area contributed by atoms with Gasteiger partial charge in [-0.05, 0) is 36.8 Å². The number of hydrogen-bond acceptors (Lipinski definition) is 4. The van der Waals surface area contributed by atoms with Gasteiger partial charge in [-0.3, -0.25) is 9.59 Å². The molecule has 1 aromatic carbocycles. The van der Waals surface area contributed by atoms with Gasteiger partial charge in [0.15, 0.2) is 0 Å². The number of anilines is 1. The first-order valence-electron chi connectivity index (χ1n) is 7.62. The number of aryl methyl sites for hydroxylation is 1. The van der Waals surface area contributed by atoms with Crippen molar-refractivity contribution < 1.29 is 27.5 Å². The molecule has 0 aliphatic carbocycles. The lowest BCUT2D eigenvalue weighted by Gasteiger charge is -2.12. The Balaban J connectivity index is 2.06. The van der Waals surface area contributed by atoms with Gasteiger partial charge in [0.25, 0.3) is 5.91 Å². The molecular weight excluding hydrogens is 387 g/mol. The van der Waals surface area contributed by atoms with Gasteiger partial charge in [-0.25, -0.2) is 4.98 Å². The van der Waals surface area contributed by atoms with Crippen LogP contribution in [-0.2, 0) is 11.3 Å². The third kappa shape index (κ3) is 6.45. The molecule has 1 heterocycles. The molecular formula is C17H15ClF3N3O3. The van der Waals surface area contributed by atoms with Gasteiger partial charge in [0.05, 0.1) is 5.02 Å². The van der Waals surface area contributed by atoms with E-state index in [9.17, 15) is 22.8 Å². The van der Waals surface area contributed by atoms with E-state index in [4.69, 9.17) is 11.6 Å². The van der Waals surface area contributed by atoms with Crippen LogP contribution in [0.2, 0.25) is 5.02 Å². The van der Waals surface area contributed by atoms with E-state index in [2.05, 4.69) is 20.4 Å². The van der Waals surface area contributed by atoms with Gasteiger partial charge in [-0.2, -0.15) is 0 Å². The van der Waals surface area contributed by atoms with Crippen molar-refractivity contribution in [3.63, 3.8) is 0 Å². The second-order valence-corrected chi connectivity index (χ2v) is 5.97. The molecule has 27 heavy (non-hydrogen) atoms. The molecule has 6 nitrogen and oxygen atoms in total. The zero-order chi connectivity index (χ0) is 20.2. The Bertz CT molecular complexity index is 872. The summed E-state index contributed by atoms with van der Waals surface area (Å²) in [5, 5.41) is 4.88. The Morgan fingerprint density at radius 3 is 2.52 bits per heavy atom. The minimum absolute atomic E-state index is 0.0295. The highest BCUT2D eigenvalue weighted by Crippen LogP contribution is 2.30. The number of ether oxygens (including phenoxy) is 1. The smallest absolute Gasteiger partial charge is 0.404 e. The summed E-state index contributed by atoms with van der Waals surface area (Å²) < 4.78 is 40.5. The van der Waals surface area contributed by atoms with E-state index >= 15 is 0 Å². The van der Waals surface area contributed by atoms with E-state index in [1.807, 2.05) is 0 Å². The normalized spacial score (nSPS) is 11.0. The molecule has 0 saturated carbocycles. The number of benzene rings is 1. The number of carbonyl (C=O) groups is 2. The van der Waals surface area contributed by atoms with Crippen molar-refractivity contribution in [3.8, 4) is 5.75 Å². The topological polar surface area (TPSA) is 80.3 Å². The Labute approximate surface area is 157 Å². The van der Waals surface area contributed by atoms with Crippen LogP contribution in [0.4, 0.5) is 19.0 Å². The van der Waals surface area contributed by atoms with Gasteiger partial charge in [-0.15, -0.1) is 13.2 Å². The maximum atomic E-state index is 12.3. The molecule has 0 aliphatic rings. The molecule has 1 aromatic heterocycles. The highest BCUT2D eigenvalue weighted by atomic mass is 35.5. The highest BCUT2D eigenvalue weighted by molar-refractivity contribution is 6.32. The number of rotatable bonds is 5. The quantitative estimate of drug-likeness (QED) is 0.798. The van der Waals surface area contributed by atoms with Crippen molar-refractivity contribution in [1.29, 1.82) is 0 Å². The number of hydrogen-bond donors (Lipinski definition) is 2. The van der Waals surface area contributed by atoms with Gasteiger partial charge >= 0.3 is 6.36 Å². The molecule has 0 spiro atoms. The number of amides is 2. The summed E-state index contributed by atoms with van der Waals surface area (Å²) >= 11 is 5.77. The number of nitrogens with one attached hydrogen (secondary N) is 2. The van der Waals surface area contributed by atoms with E-state index in [1.165, 1.54) is 31.2 Å².